The minimum absolute atomic E-state index is 0.0740. The highest BCUT2D eigenvalue weighted by Gasteiger charge is 2.42. The number of aromatic nitrogens is 2. The molecule has 5 nitrogen and oxygen atoms in total. The molecule has 1 N–H and O–H groups in total. The number of fused-ring (bicyclic) bond motifs is 2. The summed E-state index contributed by atoms with van der Waals surface area (Å²) in [6.45, 7) is 1.69. The van der Waals surface area contributed by atoms with Gasteiger partial charge in [-0.1, -0.05) is 6.42 Å². The van der Waals surface area contributed by atoms with Gasteiger partial charge in [0.15, 0.2) is 6.61 Å². The Morgan fingerprint density at radius 3 is 2.58 bits per heavy atom. The molecule has 2 aliphatic carbocycles. The molecule has 0 aliphatic heterocycles. The van der Waals surface area contributed by atoms with Crippen molar-refractivity contribution in [2.45, 2.75) is 44.8 Å². The summed E-state index contributed by atoms with van der Waals surface area (Å²) in [4.78, 5) is 18.9. The van der Waals surface area contributed by atoms with Gasteiger partial charge in [0.2, 0.25) is 0 Å². The van der Waals surface area contributed by atoms with Gasteiger partial charge in [-0.15, -0.1) is 0 Å². The number of nitrogens with zero attached hydrogens (tertiary/aromatic N) is 2. The second kappa shape index (κ2) is 6.57. The molecule has 1 heterocycles. The molecule has 2 saturated carbocycles. The predicted molar refractivity (Wildman–Crippen MR) is 79.1 cm³/mol. The van der Waals surface area contributed by atoms with Gasteiger partial charge in [-0.3, -0.25) is 4.79 Å². The molecule has 1 aromatic heterocycles. The summed E-state index contributed by atoms with van der Waals surface area (Å²) in [5, 5.41) is 2.91. The fourth-order valence-electron chi connectivity index (χ4n) is 3.98. The number of rotatable bonds is 5. The minimum Gasteiger partial charge on any atom is -0.453 e. The van der Waals surface area contributed by atoms with E-state index in [1.54, 1.807) is 0 Å². The van der Waals surface area contributed by atoms with Crippen LogP contribution in [-0.2, 0) is 11.0 Å². The molecule has 1 aromatic rings. The van der Waals surface area contributed by atoms with Gasteiger partial charge >= 0.3 is 12.2 Å². The average molecular weight is 343 g/mol. The van der Waals surface area contributed by atoms with E-state index in [1.165, 1.54) is 19.3 Å². The molecule has 2 aliphatic rings. The lowest BCUT2D eigenvalue weighted by Crippen LogP contribution is -2.42. The van der Waals surface area contributed by atoms with E-state index in [0.29, 0.717) is 24.2 Å². The second-order valence-electron chi connectivity index (χ2n) is 6.74. The Kier molecular flexibility index (Phi) is 4.64. The van der Waals surface area contributed by atoms with Crippen LogP contribution in [0, 0.1) is 17.8 Å². The minimum atomic E-state index is -4.49. The number of hydrogen-bond acceptors (Lipinski definition) is 4. The van der Waals surface area contributed by atoms with Crippen molar-refractivity contribution >= 4 is 5.91 Å². The quantitative estimate of drug-likeness (QED) is 0.893. The van der Waals surface area contributed by atoms with Crippen molar-refractivity contribution < 1.29 is 22.7 Å². The zero-order chi connectivity index (χ0) is 17.3. The number of halogens is 3. The summed E-state index contributed by atoms with van der Waals surface area (Å²) >= 11 is 0. The molecule has 3 rings (SSSR count). The molecule has 24 heavy (non-hydrogen) atoms. The van der Waals surface area contributed by atoms with Crippen LogP contribution in [-0.4, -0.2) is 28.5 Å². The van der Waals surface area contributed by atoms with Crippen LogP contribution in [0.2, 0.25) is 0 Å². The summed E-state index contributed by atoms with van der Waals surface area (Å²) < 4.78 is 42.3. The van der Waals surface area contributed by atoms with Crippen LogP contribution in [0.3, 0.4) is 0 Å². The maximum Gasteiger partial charge on any atom is 0.419 e. The third kappa shape index (κ3) is 3.79. The molecule has 8 heteroatoms. The number of hydrogen-bond donors (Lipinski definition) is 1. The zero-order valence-corrected chi connectivity index (χ0v) is 13.3. The first-order valence-electron chi connectivity index (χ1n) is 8.14. The van der Waals surface area contributed by atoms with E-state index in [0.717, 1.165) is 12.3 Å². The van der Waals surface area contributed by atoms with Crippen LogP contribution in [0.25, 0.3) is 0 Å². The molecule has 4 atom stereocenters. The van der Waals surface area contributed by atoms with E-state index >= 15 is 0 Å². The van der Waals surface area contributed by atoms with Crippen LogP contribution in [0.4, 0.5) is 13.2 Å². The molecular weight excluding hydrogens is 323 g/mol. The first-order chi connectivity index (χ1) is 11.3. The first-order valence-corrected chi connectivity index (χ1v) is 8.14. The van der Waals surface area contributed by atoms with Gasteiger partial charge in [-0.2, -0.15) is 13.2 Å². The van der Waals surface area contributed by atoms with Gasteiger partial charge in [-0.25, -0.2) is 9.97 Å². The van der Waals surface area contributed by atoms with E-state index in [1.807, 2.05) is 6.92 Å². The Bertz CT molecular complexity index is 591. The highest BCUT2D eigenvalue weighted by Crippen LogP contribution is 2.49. The summed E-state index contributed by atoms with van der Waals surface area (Å²) in [5.41, 5.74) is -0.954. The van der Waals surface area contributed by atoms with Crippen LogP contribution in [0.1, 0.15) is 38.2 Å². The lowest BCUT2D eigenvalue weighted by Gasteiger charge is -2.28. The number of ether oxygens (including phenoxy) is 1. The maximum atomic E-state index is 12.4. The van der Waals surface area contributed by atoms with Crippen molar-refractivity contribution in [2.24, 2.45) is 17.8 Å². The largest absolute Gasteiger partial charge is 0.453 e. The van der Waals surface area contributed by atoms with E-state index in [2.05, 4.69) is 15.3 Å². The number of alkyl halides is 3. The predicted octanol–water partition coefficient (Wildman–Crippen LogP) is 2.82. The highest BCUT2D eigenvalue weighted by atomic mass is 19.4. The van der Waals surface area contributed by atoms with E-state index < -0.39 is 11.7 Å². The Hall–Kier alpha value is -1.86. The van der Waals surface area contributed by atoms with Gasteiger partial charge in [0.1, 0.15) is 0 Å². The van der Waals surface area contributed by atoms with Gasteiger partial charge in [-0.05, 0) is 43.9 Å². The zero-order valence-electron chi connectivity index (χ0n) is 13.3. The molecule has 2 fully saturated rings. The van der Waals surface area contributed by atoms with E-state index in [-0.39, 0.29) is 24.6 Å². The Morgan fingerprint density at radius 2 is 2.04 bits per heavy atom. The van der Waals surface area contributed by atoms with Gasteiger partial charge in [0.25, 0.3) is 5.91 Å². The Labute approximate surface area is 138 Å². The van der Waals surface area contributed by atoms with Crippen molar-refractivity contribution in [1.82, 2.24) is 15.3 Å². The first kappa shape index (κ1) is 17.0. The number of nitrogens with one attached hydrogen (secondary N) is 1. The molecule has 0 aromatic carbocycles. The molecular formula is C16H20F3N3O2. The van der Waals surface area contributed by atoms with Gasteiger partial charge in [0, 0.05) is 18.4 Å². The average Bonchev–Trinajstić information content (AvgIpc) is 3.15. The van der Waals surface area contributed by atoms with Crippen molar-refractivity contribution in [3.05, 3.63) is 18.0 Å². The van der Waals surface area contributed by atoms with Crippen molar-refractivity contribution in [3.63, 3.8) is 0 Å². The fraction of sp³-hybridized carbons (Fsp3) is 0.688. The van der Waals surface area contributed by atoms with Crippen molar-refractivity contribution in [3.8, 4) is 6.01 Å². The normalized spacial score (nSPS) is 27.1. The number of carbonyl (C=O) groups excluding carboxylic acids is 1. The smallest absolute Gasteiger partial charge is 0.419 e. The van der Waals surface area contributed by atoms with Crippen LogP contribution in [0.5, 0.6) is 6.01 Å². The third-order valence-electron chi connectivity index (χ3n) is 5.11. The van der Waals surface area contributed by atoms with Crippen LogP contribution < -0.4 is 10.1 Å². The van der Waals surface area contributed by atoms with E-state index in [4.69, 9.17) is 4.74 Å². The van der Waals surface area contributed by atoms with E-state index in [9.17, 15) is 18.0 Å². The lowest BCUT2D eigenvalue weighted by molar-refractivity contribution is -0.138. The molecule has 0 saturated heterocycles. The third-order valence-corrected chi connectivity index (χ3v) is 5.11. The van der Waals surface area contributed by atoms with Crippen molar-refractivity contribution in [1.29, 1.82) is 0 Å². The molecule has 2 bridgehead atoms. The summed E-state index contributed by atoms with van der Waals surface area (Å²) in [6.07, 6.45) is 1.75. The molecule has 0 spiro atoms. The molecule has 1 amide bonds. The molecule has 0 radical (unpaired) electrons. The Morgan fingerprint density at radius 1 is 1.33 bits per heavy atom. The lowest BCUT2D eigenvalue weighted by atomic mass is 9.84. The topological polar surface area (TPSA) is 64.1 Å². The second-order valence-corrected chi connectivity index (χ2v) is 6.74. The highest BCUT2D eigenvalue weighted by molar-refractivity contribution is 5.77. The maximum absolute atomic E-state index is 12.4. The monoisotopic (exact) mass is 343 g/mol. The van der Waals surface area contributed by atoms with Gasteiger partial charge in [0.05, 0.1) is 5.56 Å². The molecule has 4 unspecified atom stereocenters. The number of carbonyl (C=O) groups is 1. The van der Waals surface area contributed by atoms with Crippen LogP contribution >= 0.6 is 0 Å². The fourth-order valence-corrected chi connectivity index (χ4v) is 3.98. The van der Waals surface area contributed by atoms with Crippen molar-refractivity contribution in [2.75, 3.05) is 6.61 Å². The summed E-state index contributed by atoms with van der Waals surface area (Å²) in [5.74, 6) is 1.70. The van der Waals surface area contributed by atoms with Gasteiger partial charge < -0.3 is 10.1 Å². The number of amides is 1. The molecule has 132 valence electrons. The van der Waals surface area contributed by atoms with Crippen LogP contribution in [0.15, 0.2) is 12.4 Å². The standard InChI is InChI=1S/C16H20F3N3O2/c1-9(13-5-10-2-3-11(13)4-10)22-14(23)8-24-15-20-6-12(7-21-15)16(17,18)19/h6-7,9-11,13H,2-5,8H2,1H3,(H,22,23). The SMILES string of the molecule is CC(NC(=O)COc1ncc(C(F)(F)F)cn1)C1CC2CCC1C2. The Balaban J connectivity index is 1.45. The summed E-state index contributed by atoms with van der Waals surface area (Å²) in [7, 11) is 0. The summed E-state index contributed by atoms with van der Waals surface area (Å²) in [6, 6.07) is -0.171.